The number of hydrogen-bond donors (Lipinski definition) is 1. The molecule has 174 valence electrons. The van der Waals surface area contributed by atoms with Gasteiger partial charge in [-0.05, 0) is 68.3 Å². The maximum atomic E-state index is 11.8. The summed E-state index contributed by atoms with van der Waals surface area (Å²) in [5, 5.41) is 11.2. The van der Waals surface area contributed by atoms with E-state index >= 15 is 0 Å². The zero-order chi connectivity index (χ0) is 23.0. The zero-order valence-electron chi connectivity index (χ0n) is 19.7. The number of nitrogens with zero attached hydrogens (tertiary/aromatic N) is 2. The third kappa shape index (κ3) is 10.4. The molecule has 2 aromatic carbocycles. The van der Waals surface area contributed by atoms with E-state index in [0.717, 1.165) is 30.9 Å². The number of ether oxygens (including phenoxy) is 2. The van der Waals surface area contributed by atoms with Gasteiger partial charge in [0.25, 0.3) is 0 Å². The zero-order valence-corrected chi connectivity index (χ0v) is 19.7. The second-order valence-corrected chi connectivity index (χ2v) is 7.96. The summed E-state index contributed by atoms with van der Waals surface area (Å²) in [4.78, 5) is 11.8. The minimum Gasteiger partial charge on any atom is -0.494 e. The Bertz CT molecular complexity index is 804. The third-order valence-electron chi connectivity index (χ3n) is 5.13. The summed E-state index contributed by atoms with van der Waals surface area (Å²) in [5.41, 5.74) is 2.11. The van der Waals surface area contributed by atoms with Gasteiger partial charge >= 0.3 is 6.09 Å². The number of anilines is 1. The fraction of sp³-hybridized carbons (Fsp3) is 0.500. The number of benzene rings is 2. The Morgan fingerprint density at radius 1 is 0.844 bits per heavy atom. The average Bonchev–Trinajstić information content (AvgIpc) is 2.81. The lowest BCUT2D eigenvalue weighted by atomic mass is 10.1. The highest BCUT2D eigenvalue weighted by Gasteiger charge is 2.07. The van der Waals surface area contributed by atoms with Crippen LogP contribution in [0.5, 0.6) is 5.75 Å². The van der Waals surface area contributed by atoms with E-state index < -0.39 is 6.09 Å². The van der Waals surface area contributed by atoms with E-state index in [4.69, 9.17) is 9.47 Å². The van der Waals surface area contributed by atoms with Crippen molar-refractivity contribution in [1.82, 2.24) is 0 Å². The number of amides is 1. The number of azo groups is 1. The van der Waals surface area contributed by atoms with Gasteiger partial charge in [-0.2, -0.15) is 10.2 Å². The van der Waals surface area contributed by atoms with Gasteiger partial charge in [0.15, 0.2) is 0 Å². The molecular weight excluding hydrogens is 402 g/mol. The number of rotatable bonds is 14. The van der Waals surface area contributed by atoms with Crippen LogP contribution in [-0.2, 0) is 4.74 Å². The molecule has 0 saturated heterocycles. The van der Waals surface area contributed by atoms with Gasteiger partial charge in [-0.15, -0.1) is 0 Å². The Kier molecular flexibility index (Phi) is 11.9. The van der Waals surface area contributed by atoms with Crippen molar-refractivity contribution in [2.45, 2.75) is 78.2 Å². The predicted octanol–water partition coefficient (Wildman–Crippen LogP) is 8.58. The SMILES string of the molecule is CCCCCCCCCOc1ccc(N=Nc2ccc(NC(=O)OC(C)CC)cc2)cc1. The highest BCUT2D eigenvalue weighted by molar-refractivity contribution is 5.84. The molecule has 0 aliphatic rings. The lowest BCUT2D eigenvalue weighted by molar-refractivity contribution is 0.118. The number of hydrogen-bond acceptors (Lipinski definition) is 5. The second-order valence-electron chi connectivity index (χ2n) is 7.96. The molecule has 0 spiro atoms. The summed E-state index contributed by atoms with van der Waals surface area (Å²) >= 11 is 0. The van der Waals surface area contributed by atoms with Crippen LogP contribution < -0.4 is 10.1 Å². The Hall–Kier alpha value is -2.89. The van der Waals surface area contributed by atoms with Crippen molar-refractivity contribution in [2.75, 3.05) is 11.9 Å². The monoisotopic (exact) mass is 439 g/mol. The molecule has 1 amide bonds. The largest absolute Gasteiger partial charge is 0.494 e. The van der Waals surface area contributed by atoms with Crippen molar-refractivity contribution in [2.24, 2.45) is 10.2 Å². The predicted molar refractivity (Wildman–Crippen MR) is 130 cm³/mol. The van der Waals surface area contributed by atoms with Crippen LogP contribution in [-0.4, -0.2) is 18.8 Å². The number of nitrogens with one attached hydrogen (secondary N) is 1. The maximum Gasteiger partial charge on any atom is 0.411 e. The van der Waals surface area contributed by atoms with Gasteiger partial charge in [0.2, 0.25) is 0 Å². The van der Waals surface area contributed by atoms with E-state index in [1.165, 1.54) is 38.5 Å². The quantitative estimate of drug-likeness (QED) is 0.237. The summed E-state index contributed by atoms with van der Waals surface area (Å²) in [5.74, 6) is 0.856. The van der Waals surface area contributed by atoms with Crippen LogP contribution in [0.15, 0.2) is 58.8 Å². The first-order valence-corrected chi connectivity index (χ1v) is 11.8. The normalized spacial score (nSPS) is 12.0. The molecule has 6 heteroatoms. The number of carbonyl (C=O) groups excluding carboxylic acids is 1. The molecule has 0 bridgehead atoms. The van der Waals surface area contributed by atoms with Crippen LogP contribution >= 0.6 is 0 Å². The van der Waals surface area contributed by atoms with Gasteiger partial charge in [0, 0.05) is 5.69 Å². The summed E-state index contributed by atoms with van der Waals surface area (Å²) in [6.07, 6.45) is 9.14. The van der Waals surface area contributed by atoms with E-state index in [2.05, 4.69) is 22.5 Å². The van der Waals surface area contributed by atoms with Gasteiger partial charge in [-0.1, -0.05) is 52.4 Å². The van der Waals surface area contributed by atoms with Gasteiger partial charge in [-0.25, -0.2) is 4.79 Å². The van der Waals surface area contributed by atoms with Crippen molar-refractivity contribution in [3.63, 3.8) is 0 Å². The molecule has 1 unspecified atom stereocenters. The van der Waals surface area contributed by atoms with Gasteiger partial charge < -0.3 is 9.47 Å². The first-order valence-electron chi connectivity index (χ1n) is 11.8. The van der Waals surface area contributed by atoms with Crippen molar-refractivity contribution in [1.29, 1.82) is 0 Å². The molecule has 32 heavy (non-hydrogen) atoms. The minimum absolute atomic E-state index is 0.111. The van der Waals surface area contributed by atoms with Crippen LogP contribution in [0.25, 0.3) is 0 Å². The first kappa shape index (κ1) is 25.4. The fourth-order valence-electron chi connectivity index (χ4n) is 3.00. The topological polar surface area (TPSA) is 72.3 Å². The lowest BCUT2D eigenvalue weighted by Gasteiger charge is -2.11. The Balaban J connectivity index is 1.71. The Morgan fingerprint density at radius 3 is 2.00 bits per heavy atom. The molecule has 0 heterocycles. The third-order valence-corrected chi connectivity index (χ3v) is 5.13. The van der Waals surface area contributed by atoms with Crippen LogP contribution in [0, 0.1) is 0 Å². The van der Waals surface area contributed by atoms with Crippen molar-refractivity contribution in [3.8, 4) is 5.75 Å². The molecule has 2 aromatic rings. The van der Waals surface area contributed by atoms with Crippen molar-refractivity contribution >= 4 is 23.2 Å². The average molecular weight is 440 g/mol. The molecule has 6 nitrogen and oxygen atoms in total. The molecule has 0 aromatic heterocycles. The van der Waals surface area contributed by atoms with Crippen molar-refractivity contribution < 1.29 is 14.3 Å². The summed E-state index contributed by atoms with van der Waals surface area (Å²) in [7, 11) is 0. The van der Waals surface area contributed by atoms with Crippen molar-refractivity contribution in [3.05, 3.63) is 48.5 Å². The molecule has 0 fully saturated rings. The maximum absolute atomic E-state index is 11.8. The Morgan fingerprint density at radius 2 is 1.41 bits per heavy atom. The number of carbonyl (C=O) groups is 1. The van der Waals surface area contributed by atoms with Gasteiger partial charge in [0.1, 0.15) is 11.9 Å². The van der Waals surface area contributed by atoms with E-state index in [-0.39, 0.29) is 6.10 Å². The summed E-state index contributed by atoms with van der Waals surface area (Å²) in [6, 6.07) is 14.8. The molecule has 2 rings (SSSR count). The highest BCUT2D eigenvalue weighted by atomic mass is 16.6. The molecule has 0 aliphatic carbocycles. The molecule has 0 aliphatic heterocycles. The first-order chi connectivity index (χ1) is 15.6. The van der Waals surface area contributed by atoms with E-state index in [1.807, 2.05) is 38.1 Å². The highest BCUT2D eigenvalue weighted by Crippen LogP contribution is 2.23. The summed E-state index contributed by atoms with van der Waals surface area (Å²) < 4.78 is 11.0. The standard InChI is InChI=1S/C26H37N3O3/c1-4-6-7-8-9-10-11-20-31-25-18-16-24(17-19-25)29-28-23-14-12-22(13-15-23)27-26(30)32-21(3)5-2/h12-19,21H,4-11,20H2,1-3H3,(H,27,30). The van der Waals surface area contributed by atoms with Crippen LogP contribution in [0.2, 0.25) is 0 Å². The molecule has 0 saturated carbocycles. The van der Waals surface area contributed by atoms with Crippen LogP contribution in [0.1, 0.15) is 72.1 Å². The van der Waals surface area contributed by atoms with E-state index in [0.29, 0.717) is 11.4 Å². The van der Waals surface area contributed by atoms with Crippen LogP contribution in [0.4, 0.5) is 21.9 Å². The Labute approximate surface area is 192 Å². The van der Waals surface area contributed by atoms with Gasteiger partial charge in [-0.3, -0.25) is 5.32 Å². The van der Waals surface area contributed by atoms with E-state index in [9.17, 15) is 4.79 Å². The number of unbranched alkanes of at least 4 members (excludes halogenated alkanes) is 6. The fourth-order valence-corrected chi connectivity index (χ4v) is 3.00. The minimum atomic E-state index is -0.456. The lowest BCUT2D eigenvalue weighted by Crippen LogP contribution is -2.19. The molecule has 1 atom stereocenters. The molecule has 1 N–H and O–H groups in total. The van der Waals surface area contributed by atoms with Crippen LogP contribution in [0.3, 0.4) is 0 Å². The molecule has 0 radical (unpaired) electrons. The smallest absolute Gasteiger partial charge is 0.411 e. The second kappa shape index (κ2) is 15.0. The summed E-state index contributed by atoms with van der Waals surface area (Å²) in [6.45, 7) is 6.82. The van der Waals surface area contributed by atoms with E-state index in [1.54, 1.807) is 24.3 Å². The molecular formula is C26H37N3O3. The van der Waals surface area contributed by atoms with Gasteiger partial charge in [0.05, 0.1) is 18.0 Å².